The number of nitrogens with zero attached hydrogens (tertiary/aromatic N) is 1. The Hall–Kier alpha value is -0.450. The first-order valence-electron chi connectivity index (χ1n) is 6.82. The lowest BCUT2D eigenvalue weighted by molar-refractivity contribution is 0.123. The number of hydrogen-bond donors (Lipinski definition) is 1. The fourth-order valence-electron chi connectivity index (χ4n) is 3.25. The second-order valence-corrected chi connectivity index (χ2v) is 6.62. The van der Waals surface area contributed by atoms with E-state index in [4.69, 9.17) is 5.73 Å². The minimum atomic E-state index is -0.222. The Balaban J connectivity index is 2.15. The highest BCUT2D eigenvalue weighted by molar-refractivity contribution is 9.10. The molecule has 0 amide bonds. The quantitative estimate of drug-likeness (QED) is 0.918. The molecule has 0 saturated heterocycles. The Kier molecular flexibility index (Phi) is 4.64. The maximum Gasteiger partial charge on any atom is 0.137 e. The second-order valence-electron chi connectivity index (χ2n) is 5.76. The molecule has 0 aromatic heterocycles. The number of hydrogen-bond acceptors (Lipinski definition) is 2. The van der Waals surface area contributed by atoms with Crippen molar-refractivity contribution in [3.63, 3.8) is 0 Å². The Labute approximate surface area is 123 Å². The van der Waals surface area contributed by atoms with Crippen LogP contribution >= 0.6 is 15.9 Å². The average molecular weight is 329 g/mol. The minimum Gasteiger partial charge on any atom is -0.326 e. The van der Waals surface area contributed by atoms with Crippen molar-refractivity contribution in [1.29, 1.82) is 0 Å². The SMILES string of the molecule is CN(C)C1(C(N)Cc2ccc(F)c(Br)c2)CCCC1. The number of rotatable bonds is 4. The predicted octanol–water partition coefficient (Wildman–Crippen LogP) is 3.33. The van der Waals surface area contributed by atoms with E-state index in [0.717, 1.165) is 24.8 Å². The molecule has 1 saturated carbocycles. The van der Waals surface area contributed by atoms with Gasteiger partial charge in [-0.3, -0.25) is 0 Å². The summed E-state index contributed by atoms with van der Waals surface area (Å²) in [7, 11) is 4.23. The van der Waals surface area contributed by atoms with Crippen molar-refractivity contribution in [1.82, 2.24) is 4.90 Å². The highest BCUT2D eigenvalue weighted by atomic mass is 79.9. The van der Waals surface area contributed by atoms with Gasteiger partial charge >= 0.3 is 0 Å². The predicted molar refractivity (Wildman–Crippen MR) is 80.7 cm³/mol. The molecule has 1 fully saturated rings. The smallest absolute Gasteiger partial charge is 0.137 e. The van der Waals surface area contributed by atoms with Gasteiger partial charge in [0.25, 0.3) is 0 Å². The van der Waals surface area contributed by atoms with Crippen molar-refractivity contribution < 1.29 is 4.39 Å². The van der Waals surface area contributed by atoms with E-state index in [9.17, 15) is 4.39 Å². The molecule has 1 unspecified atom stereocenters. The number of halogens is 2. The minimum absolute atomic E-state index is 0.0855. The van der Waals surface area contributed by atoms with E-state index in [1.165, 1.54) is 18.9 Å². The third-order valence-corrected chi connectivity index (χ3v) is 5.10. The van der Waals surface area contributed by atoms with Crippen molar-refractivity contribution >= 4 is 15.9 Å². The fraction of sp³-hybridized carbons (Fsp3) is 0.600. The van der Waals surface area contributed by atoms with Crippen molar-refractivity contribution in [3.8, 4) is 0 Å². The van der Waals surface area contributed by atoms with Crippen LogP contribution in [0.2, 0.25) is 0 Å². The van der Waals surface area contributed by atoms with Crippen LogP contribution in [0.25, 0.3) is 0 Å². The monoisotopic (exact) mass is 328 g/mol. The van der Waals surface area contributed by atoms with Crippen molar-refractivity contribution in [2.75, 3.05) is 14.1 Å². The summed E-state index contributed by atoms with van der Waals surface area (Å²) in [5.41, 5.74) is 7.67. The van der Waals surface area contributed by atoms with Gasteiger partial charge in [-0.2, -0.15) is 0 Å². The largest absolute Gasteiger partial charge is 0.326 e. The van der Waals surface area contributed by atoms with E-state index >= 15 is 0 Å². The Morgan fingerprint density at radius 2 is 2.00 bits per heavy atom. The first kappa shape index (κ1) is 14.9. The van der Waals surface area contributed by atoms with Gasteiger partial charge in [0.2, 0.25) is 0 Å². The van der Waals surface area contributed by atoms with Crippen molar-refractivity contribution in [2.24, 2.45) is 5.73 Å². The molecule has 0 spiro atoms. The molecule has 1 aromatic carbocycles. The van der Waals surface area contributed by atoms with Crippen LogP contribution in [0.1, 0.15) is 31.2 Å². The van der Waals surface area contributed by atoms with Gasteiger partial charge < -0.3 is 10.6 Å². The molecule has 1 aromatic rings. The molecule has 2 rings (SSSR count). The summed E-state index contributed by atoms with van der Waals surface area (Å²) in [4.78, 5) is 2.28. The fourth-order valence-corrected chi connectivity index (χ4v) is 3.67. The average Bonchev–Trinajstić information content (AvgIpc) is 2.84. The van der Waals surface area contributed by atoms with E-state index in [1.807, 2.05) is 12.1 Å². The molecule has 0 bridgehead atoms. The molecule has 0 aliphatic heterocycles. The molecule has 106 valence electrons. The standard InChI is InChI=1S/C15H22BrFN2/c1-19(2)15(7-3-4-8-15)14(18)10-11-5-6-13(17)12(16)9-11/h5-6,9,14H,3-4,7-8,10,18H2,1-2H3. The normalized spacial score (nSPS) is 19.9. The van der Waals surface area contributed by atoms with Crippen LogP contribution < -0.4 is 5.73 Å². The first-order valence-corrected chi connectivity index (χ1v) is 7.62. The summed E-state index contributed by atoms with van der Waals surface area (Å²) >= 11 is 3.24. The molecule has 0 radical (unpaired) electrons. The van der Waals surface area contributed by atoms with Crippen LogP contribution in [0.3, 0.4) is 0 Å². The summed E-state index contributed by atoms with van der Waals surface area (Å²) in [6.45, 7) is 0. The topological polar surface area (TPSA) is 29.3 Å². The van der Waals surface area contributed by atoms with Crippen LogP contribution in [0.5, 0.6) is 0 Å². The van der Waals surface area contributed by atoms with Gasteiger partial charge in [0.1, 0.15) is 5.82 Å². The van der Waals surface area contributed by atoms with Gasteiger partial charge in [-0.05, 0) is 67.0 Å². The number of nitrogens with two attached hydrogens (primary N) is 1. The lowest BCUT2D eigenvalue weighted by Crippen LogP contribution is -2.56. The molecule has 2 nitrogen and oxygen atoms in total. The van der Waals surface area contributed by atoms with Crippen LogP contribution in [0.4, 0.5) is 4.39 Å². The van der Waals surface area contributed by atoms with E-state index in [2.05, 4.69) is 34.9 Å². The molecule has 1 atom stereocenters. The molecule has 0 heterocycles. The Morgan fingerprint density at radius 3 is 2.53 bits per heavy atom. The zero-order chi connectivity index (χ0) is 14.0. The zero-order valence-electron chi connectivity index (χ0n) is 11.6. The van der Waals surface area contributed by atoms with Gasteiger partial charge in [-0.15, -0.1) is 0 Å². The first-order chi connectivity index (χ1) is 8.95. The molecular weight excluding hydrogens is 307 g/mol. The van der Waals surface area contributed by atoms with Gasteiger partial charge in [0.15, 0.2) is 0 Å². The molecule has 1 aliphatic rings. The zero-order valence-corrected chi connectivity index (χ0v) is 13.2. The van der Waals surface area contributed by atoms with Crippen LogP contribution in [-0.2, 0) is 6.42 Å². The van der Waals surface area contributed by atoms with E-state index in [-0.39, 0.29) is 17.4 Å². The third kappa shape index (κ3) is 3.01. The second kappa shape index (κ2) is 5.90. The van der Waals surface area contributed by atoms with Gasteiger partial charge in [-0.1, -0.05) is 18.9 Å². The Bertz CT molecular complexity index is 442. The van der Waals surface area contributed by atoms with E-state index in [0.29, 0.717) is 4.47 Å². The van der Waals surface area contributed by atoms with E-state index < -0.39 is 0 Å². The molecule has 1 aliphatic carbocycles. The Morgan fingerprint density at radius 1 is 1.37 bits per heavy atom. The highest BCUT2D eigenvalue weighted by Crippen LogP contribution is 2.37. The number of benzene rings is 1. The highest BCUT2D eigenvalue weighted by Gasteiger charge is 2.41. The summed E-state index contributed by atoms with van der Waals surface area (Å²) in [5, 5.41) is 0. The maximum absolute atomic E-state index is 13.3. The summed E-state index contributed by atoms with van der Waals surface area (Å²) in [6, 6.07) is 5.26. The van der Waals surface area contributed by atoms with Crippen LogP contribution in [0.15, 0.2) is 22.7 Å². The van der Waals surface area contributed by atoms with E-state index in [1.54, 1.807) is 0 Å². The lowest BCUT2D eigenvalue weighted by atomic mass is 9.84. The molecular formula is C15H22BrFN2. The molecule has 4 heteroatoms. The van der Waals surface area contributed by atoms with Crippen LogP contribution in [0, 0.1) is 5.82 Å². The third-order valence-electron chi connectivity index (χ3n) is 4.49. The summed E-state index contributed by atoms with van der Waals surface area (Å²) < 4.78 is 13.8. The maximum atomic E-state index is 13.3. The van der Waals surface area contributed by atoms with Gasteiger partial charge in [0, 0.05) is 11.6 Å². The molecule has 2 N–H and O–H groups in total. The van der Waals surface area contributed by atoms with Crippen molar-refractivity contribution in [2.45, 2.75) is 43.7 Å². The number of likely N-dealkylation sites (N-methyl/N-ethyl adjacent to an activating group) is 1. The lowest BCUT2D eigenvalue weighted by Gasteiger charge is -2.41. The van der Waals surface area contributed by atoms with Crippen molar-refractivity contribution in [3.05, 3.63) is 34.1 Å². The molecule has 19 heavy (non-hydrogen) atoms. The van der Waals surface area contributed by atoms with Crippen LogP contribution in [-0.4, -0.2) is 30.6 Å². The summed E-state index contributed by atoms with van der Waals surface area (Å²) in [6.07, 6.45) is 5.60. The summed E-state index contributed by atoms with van der Waals surface area (Å²) in [5.74, 6) is -0.222. The van der Waals surface area contributed by atoms with Gasteiger partial charge in [0.05, 0.1) is 4.47 Å². The van der Waals surface area contributed by atoms with Gasteiger partial charge in [-0.25, -0.2) is 4.39 Å².